The lowest BCUT2D eigenvalue weighted by Gasteiger charge is -2.20. The van der Waals surface area contributed by atoms with Gasteiger partial charge in [0.15, 0.2) is 5.96 Å². The quantitative estimate of drug-likeness (QED) is 0.416. The van der Waals surface area contributed by atoms with E-state index in [1.807, 2.05) is 24.3 Å². The van der Waals surface area contributed by atoms with Gasteiger partial charge in [-0.2, -0.15) is 0 Å². The molecule has 1 unspecified atom stereocenters. The minimum absolute atomic E-state index is 0.286. The molecule has 2 aromatic rings. The van der Waals surface area contributed by atoms with Crippen LogP contribution in [-0.4, -0.2) is 50.3 Å². The summed E-state index contributed by atoms with van der Waals surface area (Å²) in [5.74, 6) is 4.90. The Morgan fingerprint density at radius 1 is 1.38 bits per heavy atom. The maximum Gasteiger partial charge on any atom is 0.191 e. The number of benzene rings is 1. The zero-order valence-electron chi connectivity index (χ0n) is 16.6. The highest BCUT2D eigenvalue weighted by Gasteiger charge is 2.25. The van der Waals surface area contributed by atoms with Crippen molar-refractivity contribution in [2.75, 3.05) is 38.2 Å². The summed E-state index contributed by atoms with van der Waals surface area (Å²) in [6.45, 7) is 2.83. The van der Waals surface area contributed by atoms with Crippen molar-refractivity contribution in [2.24, 2.45) is 4.99 Å². The fourth-order valence-corrected chi connectivity index (χ4v) is 3.51. The van der Waals surface area contributed by atoms with Gasteiger partial charge in [-0.05, 0) is 42.7 Å². The summed E-state index contributed by atoms with van der Waals surface area (Å²) in [4.78, 5) is 10.9. The molecule has 6 nitrogen and oxygen atoms in total. The van der Waals surface area contributed by atoms with Crippen LogP contribution >= 0.6 is 11.6 Å². The Bertz CT molecular complexity index is 862. The summed E-state index contributed by atoms with van der Waals surface area (Å²) in [7, 11) is 1.79. The number of aromatic nitrogens is 1. The van der Waals surface area contributed by atoms with Crippen LogP contribution < -0.4 is 20.3 Å². The molecule has 3 rings (SSSR count). The molecule has 1 fully saturated rings. The zero-order valence-corrected chi connectivity index (χ0v) is 17.3. The third-order valence-corrected chi connectivity index (χ3v) is 5.04. The van der Waals surface area contributed by atoms with Gasteiger partial charge in [0, 0.05) is 38.9 Å². The topological polar surface area (TPSA) is 61.8 Å². The Kier molecular flexibility index (Phi) is 7.60. The van der Waals surface area contributed by atoms with E-state index in [9.17, 15) is 0 Å². The van der Waals surface area contributed by atoms with Crippen LogP contribution in [0.2, 0.25) is 5.02 Å². The molecule has 29 heavy (non-hydrogen) atoms. The first-order valence-corrected chi connectivity index (χ1v) is 10.0. The lowest BCUT2D eigenvalue weighted by molar-refractivity contribution is 0.370. The Morgan fingerprint density at radius 3 is 2.93 bits per heavy atom. The van der Waals surface area contributed by atoms with E-state index in [2.05, 4.69) is 43.6 Å². The predicted molar refractivity (Wildman–Crippen MR) is 119 cm³/mol. The Balaban J connectivity index is 1.43. The van der Waals surface area contributed by atoms with Gasteiger partial charge in [-0.3, -0.25) is 4.99 Å². The monoisotopic (exact) mass is 411 g/mol. The number of guanidine groups is 1. The number of nitrogens with one attached hydrogen (secondary N) is 2. The summed E-state index contributed by atoms with van der Waals surface area (Å²) >= 11 is 6.27. The predicted octanol–water partition coefficient (Wildman–Crippen LogP) is 2.73. The molecule has 0 saturated carbocycles. The number of aliphatic imine (C=N–C) groups is 1. The van der Waals surface area contributed by atoms with Crippen LogP contribution in [0.5, 0.6) is 5.75 Å². The number of halogens is 1. The van der Waals surface area contributed by atoms with Crippen molar-refractivity contribution in [1.29, 1.82) is 0 Å². The fraction of sp³-hybridized carbons (Fsp3) is 0.364. The van der Waals surface area contributed by atoms with Gasteiger partial charge >= 0.3 is 0 Å². The lowest BCUT2D eigenvalue weighted by atomic mass is 10.1. The van der Waals surface area contributed by atoms with Crippen molar-refractivity contribution in [3.05, 3.63) is 53.2 Å². The number of nitrogens with zero attached hydrogens (tertiary/aromatic N) is 3. The highest BCUT2D eigenvalue weighted by atomic mass is 35.5. The first kappa shape index (κ1) is 20.8. The van der Waals surface area contributed by atoms with Crippen molar-refractivity contribution >= 4 is 23.4 Å². The van der Waals surface area contributed by atoms with Crippen LogP contribution in [0.1, 0.15) is 12.0 Å². The number of hydrogen-bond donors (Lipinski definition) is 2. The number of terminal acetylenes is 1. The normalized spacial score (nSPS) is 16.4. The molecule has 0 spiro atoms. The third kappa shape index (κ3) is 6.03. The molecule has 1 atom stereocenters. The number of ether oxygens (including phenoxy) is 1. The molecule has 2 heterocycles. The summed E-state index contributed by atoms with van der Waals surface area (Å²) in [6.07, 6.45) is 8.87. The Labute approximate surface area is 177 Å². The molecule has 152 valence electrons. The van der Waals surface area contributed by atoms with Crippen molar-refractivity contribution in [1.82, 2.24) is 15.6 Å². The minimum atomic E-state index is 0.286. The molecule has 1 aliphatic heterocycles. The molecule has 2 N–H and O–H groups in total. The molecule has 1 saturated heterocycles. The second kappa shape index (κ2) is 10.6. The Morgan fingerprint density at radius 2 is 2.21 bits per heavy atom. The molecule has 1 aromatic heterocycles. The van der Waals surface area contributed by atoms with Crippen molar-refractivity contribution < 1.29 is 4.74 Å². The highest BCUT2D eigenvalue weighted by molar-refractivity contribution is 6.32. The van der Waals surface area contributed by atoms with Crippen molar-refractivity contribution in [3.63, 3.8) is 0 Å². The van der Waals surface area contributed by atoms with E-state index in [1.165, 1.54) is 5.56 Å². The number of hydrogen-bond acceptors (Lipinski definition) is 4. The molecule has 0 radical (unpaired) electrons. The molecule has 0 amide bonds. The first-order valence-electron chi connectivity index (χ1n) is 9.67. The molecule has 0 aliphatic carbocycles. The van der Waals surface area contributed by atoms with E-state index in [4.69, 9.17) is 22.8 Å². The van der Waals surface area contributed by atoms with Crippen LogP contribution in [0.4, 0.5) is 5.82 Å². The van der Waals surface area contributed by atoms with E-state index in [-0.39, 0.29) is 6.61 Å². The second-order valence-electron chi connectivity index (χ2n) is 6.77. The van der Waals surface area contributed by atoms with Crippen LogP contribution in [0.15, 0.2) is 47.6 Å². The van der Waals surface area contributed by atoms with Gasteiger partial charge in [-0.1, -0.05) is 29.7 Å². The first-order chi connectivity index (χ1) is 14.2. The lowest BCUT2D eigenvalue weighted by Crippen LogP contribution is -2.45. The third-order valence-electron chi connectivity index (χ3n) is 4.74. The van der Waals surface area contributed by atoms with Crippen molar-refractivity contribution in [3.8, 4) is 18.1 Å². The fourth-order valence-electron chi connectivity index (χ4n) is 3.27. The van der Waals surface area contributed by atoms with Crippen molar-refractivity contribution in [2.45, 2.75) is 18.9 Å². The molecule has 7 heteroatoms. The standard InChI is InChI=1S/C22H26ClN5O/c1-3-15-29-19-8-6-17(7-9-19)10-13-26-22(24-2)27-18-11-14-28(16-18)21-20(23)5-4-12-25-21/h1,4-9,12,18H,10-11,13-16H2,2H3,(H2,24,26,27). The highest BCUT2D eigenvalue weighted by Crippen LogP contribution is 2.25. The van der Waals surface area contributed by atoms with Crippen LogP contribution in [0.25, 0.3) is 0 Å². The molecular formula is C22H26ClN5O. The largest absolute Gasteiger partial charge is 0.481 e. The molecule has 1 aliphatic rings. The smallest absolute Gasteiger partial charge is 0.191 e. The van der Waals surface area contributed by atoms with Gasteiger partial charge in [-0.15, -0.1) is 6.42 Å². The van der Waals surface area contributed by atoms with Gasteiger partial charge in [0.2, 0.25) is 0 Å². The van der Waals surface area contributed by atoms with Gasteiger partial charge in [0.1, 0.15) is 18.2 Å². The molecule has 0 bridgehead atoms. The van der Waals surface area contributed by atoms with Gasteiger partial charge in [0.25, 0.3) is 0 Å². The van der Waals surface area contributed by atoms with E-state index in [1.54, 1.807) is 13.2 Å². The summed E-state index contributed by atoms with van der Waals surface area (Å²) in [6, 6.07) is 12.0. The maximum atomic E-state index is 6.27. The average Bonchev–Trinajstić information content (AvgIpc) is 3.21. The zero-order chi connectivity index (χ0) is 20.5. The van der Waals surface area contributed by atoms with E-state index >= 15 is 0 Å². The molecular weight excluding hydrogens is 386 g/mol. The minimum Gasteiger partial charge on any atom is -0.481 e. The van der Waals surface area contributed by atoms with E-state index in [0.717, 1.165) is 50.0 Å². The van der Waals surface area contributed by atoms with Gasteiger partial charge in [-0.25, -0.2) is 4.98 Å². The summed E-state index contributed by atoms with van der Waals surface area (Å²) < 4.78 is 5.40. The SMILES string of the molecule is C#CCOc1ccc(CCNC(=NC)NC2CCN(c3ncccc3Cl)C2)cc1. The van der Waals surface area contributed by atoms with Gasteiger partial charge in [0.05, 0.1) is 5.02 Å². The average molecular weight is 412 g/mol. The number of pyridine rings is 1. The molecule has 1 aromatic carbocycles. The maximum absolute atomic E-state index is 6.27. The number of rotatable bonds is 7. The summed E-state index contributed by atoms with van der Waals surface area (Å²) in [5.41, 5.74) is 1.22. The summed E-state index contributed by atoms with van der Waals surface area (Å²) in [5, 5.41) is 7.56. The Hall–Kier alpha value is -2.91. The van der Waals surface area contributed by atoms with Crippen LogP contribution in [-0.2, 0) is 6.42 Å². The second-order valence-corrected chi connectivity index (χ2v) is 7.18. The number of anilines is 1. The van der Waals surface area contributed by atoms with E-state index < -0.39 is 0 Å². The van der Waals surface area contributed by atoms with Crippen LogP contribution in [0, 0.1) is 12.3 Å². The van der Waals surface area contributed by atoms with E-state index in [0.29, 0.717) is 11.1 Å². The van der Waals surface area contributed by atoms with Crippen LogP contribution in [0.3, 0.4) is 0 Å². The van der Waals surface area contributed by atoms with Gasteiger partial charge < -0.3 is 20.3 Å².